The van der Waals surface area contributed by atoms with Crippen LogP contribution in [-0.2, 0) is 16.3 Å². The normalized spacial score (nSPS) is 16.5. The highest BCUT2D eigenvalue weighted by Crippen LogP contribution is 2.23. The van der Waals surface area contributed by atoms with Crippen LogP contribution in [0.25, 0.3) is 16.7 Å². The second-order valence-electron chi connectivity index (χ2n) is 6.84. The van der Waals surface area contributed by atoms with E-state index in [0.717, 1.165) is 21.3 Å². The molecule has 1 saturated heterocycles. The fraction of sp³-hybridized carbons (Fsp3) is 0.294. The zero-order valence-corrected chi connectivity index (χ0v) is 17.7. The van der Waals surface area contributed by atoms with Crippen molar-refractivity contribution in [3.63, 3.8) is 0 Å². The molecule has 4 heterocycles. The number of nitrogens with one attached hydrogen (secondary N) is 3. The van der Waals surface area contributed by atoms with Crippen LogP contribution in [0.15, 0.2) is 34.9 Å². The van der Waals surface area contributed by atoms with Crippen molar-refractivity contribution < 1.29 is 4.21 Å². The first kappa shape index (κ1) is 18.3. The molecule has 1 aliphatic rings. The lowest BCUT2D eigenvalue weighted by molar-refractivity contribution is 0.661. The Kier molecular flexibility index (Phi) is 4.39. The Morgan fingerprint density at radius 1 is 1.21 bits per heavy atom. The summed E-state index contributed by atoms with van der Waals surface area (Å²) < 4.78 is 22.1. The molecule has 150 valence electrons. The maximum Gasteiger partial charge on any atom is 0.230 e. The molecular weight excluding hydrogens is 458 g/mol. The molecule has 1 aromatic carbocycles. The van der Waals surface area contributed by atoms with Crippen LogP contribution in [0.3, 0.4) is 0 Å². The number of para-hydroxylation sites is 2. The van der Waals surface area contributed by atoms with Gasteiger partial charge in [0.1, 0.15) is 5.82 Å². The van der Waals surface area contributed by atoms with Crippen LogP contribution in [0.2, 0.25) is 0 Å². The molecule has 0 aliphatic carbocycles. The fourth-order valence-electron chi connectivity index (χ4n) is 3.28. The van der Waals surface area contributed by atoms with Gasteiger partial charge in [0.05, 0.1) is 28.2 Å². The van der Waals surface area contributed by atoms with Gasteiger partial charge in [-0.25, -0.2) is 9.19 Å². The van der Waals surface area contributed by atoms with E-state index in [4.69, 9.17) is 4.78 Å². The predicted octanol–water partition coefficient (Wildman–Crippen LogP) is 2.24. The number of aromatic amines is 1. The Hall–Kier alpha value is -2.73. The van der Waals surface area contributed by atoms with Crippen LogP contribution in [0.4, 0.5) is 11.9 Å². The molecule has 0 spiro atoms. The Labute approximate surface area is 174 Å². The van der Waals surface area contributed by atoms with E-state index in [1.807, 2.05) is 29.2 Å². The van der Waals surface area contributed by atoms with Gasteiger partial charge in [-0.3, -0.25) is 4.78 Å². The standard InChI is InChI=1S/C17H18BrN9OS/c18-11-9-21-27-15(11)24-17(26-5-7-29(19,28)8-6-26)25-16(27)20-10-14-22-12-3-1-2-4-13(12)23-14/h1-4,9,19H,5-8,10H2,(H,22,23)(H,20,24,25). The third-order valence-corrected chi connectivity index (χ3v) is 7.07. The molecule has 1 aliphatic heterocycles. The SMILES string of the molecule is N=S1(=O)CCN(c2nc(NCc3nc4ccccc4[nH]3)n3ncc(Br)c3n2)CC1. The lowest BCUT2D eigenvalue weighted by Gasteiger charge is -2.28. The van der Waals surface area contributed by atoms with Crippen LogP contribution in [0, 0.1) is 4.78 Å². The highest BCUT2D eigenvalue weighted by Gasteiger charge is 2.23. The Morgan fingerprint density at radius 3 is 2.79 bits per heavy atom. The van der Waals surface area contributed by atoms with Gasteiger partial charge in [-0.15, -0.1) is 0 Å². The van der Waals surface area contributed by atoms with Crippen LogP contribution in [0.5, 0.6) is 0 Å². The number of hydrogen-bond acceptors (Lipinski definition) is 8. The number of aromatic nitrogens is 6. The van der Waals surface area contributed by atoms with Crippen LogP contribution < -0.4 is 10.2 Å². The highest BCUT2D eigenvalue weighted by atomic mass is 79.9. The maximum atomic E-state index is 12.0. The van der Waals surface area contributed by atoms with E-state index in [-0.39, 0.29) is 0 Å². The van der Waals surface area contributed by atoms with Crippen LogP contribution in [0.1, 0.15) is 5.82 Å². The number of imidazole rings is 1. The number of hydrogen-bond donors (Lipinski definition) is 3. The summed E-state index contributed by atoms with van der Waals surface area (Å²) in [6, 6.07) is 7.86. The zero-order chi connectivity index (χ0) is 20.0. The summed E-state index contributed by atoms with van der Waals surface area (Å²) in [6.07, 6.45) is 1.67. The van der Waals surface area contributed by atoms with Gasteiger partial charge in [0.15, 0.2) is 5.65 Å². The third kappa shape index (κ3) is 3.53. The van der Waals surface area contributed by atoms with Gasteiger partial charge in [0, 0.05) is 34.3 Å². The van der Waals surface area contributed by atoms with E-state index >= 15 is 0 Å². The van der Waals surface area contributed by atoms with Crippen molar-refractivity contribution in [2.75, 3.05) is 34.8 Å². The van der Waals surface area contributed by atoms with Gasteiger partial charge >= 0.3 is 0 Å². The number of halogens is 1. The average molecular weight is 476 g/mol. The molecule has 5 rings (SSSR count). The van der Waals surface area contributed by atoms with Crippen molar-refractivity contribution in [3.8, 4) is 0 Å². The van der Waals surface area contributed by atoms with Crippen molar-refractivity contribution in [1.29, 1.82) is 4.78 Å². The second kappa shape index (κ2) is 6.95. The summed E-state index contributed by atoms with van der Waals surface area (Å²) in [5, 5.41) is 7.63. The van der Waals surface area contributed by atoms with E-state index in [2.05, 4.69) is 46.3 Å². The zero-order valence-electron chi connectivity index (χ0n) is 15.3. The second-order valence-corrected chi connectivity index (χ2v) is 10.1. The van der Waals surface area contributed by atoms with Crippen molar-refractivity contribution in [2.45, 2.75) is 6.54 Å². The van der Waals surface area contributed by atoms with Gasteiger partial charge in [-0.1, -0.05) is 12.1 Å². The Morgan fingerprint density at radius 2 is 2.00 bits per heavy atom. The molecule has 0 unspecified atom stereocenters. The molecule has 3 N–H and O–H groups in total. The van der Waals surface area contributed by atoms with Gasteiger partial charge in [0.2, 0.25) is 11.9 Å². The number of H-pyrrole nitrogens is 1. The minimum atomic E-state index is -2.48. The Balaban J connectivity index is 1.45. The maximum absolute atomic E-state index is 12.0. The number of fused-ring (bicyclic) bond motifs is 2. The largest absolute Gasteiger partial charge is 0.347 e. The van der Waals surface area contributed by atoms with Crippen LogP contribution in [-0.4, -0.2) is 58.4 Å². The number of nitrogens with zero attached hydrogens (tertiary/aromatic N) is 6. The number of anilines is 2. The van der Waals surface area contributed by atoms with Crippen molar-refractivity contribution >= 4 is 54.2 Å². The average Bonchev–Trinajstić information content (AvgIpc) is 3.29. The van der Waals surface area contributed by atoms with E-state index in [1.54, 1.807) is 10.7 Å². The van der Waals surface area contributed by atoms with Crippen molar-refractivity contribution in [2.24, 2.45) is 0 Å². The van der Waals surface area contributed by atoms with E-state index < -0.39 is 9.73 Å². The molecule has 0 radical (unpaired) electrons. The van der Waals surface area contributed by atoms with Crippen LogP contribution >= 0.6 is 15.9 Å². The molecule has 29 heavy (non-hydrogen) atoms. The first-order valence-electron chi connectivity index (χ1n) is 9.06. The van der Waals surface area contributed by atoms with Gasteiger partial charge in [-0.05, 0) is 28.1 Å². The quantitative estimate of drug-likeness (QED) is 0.412. The minimum absolute atomic E-state index is 0.323. The molecule has 3 aromatic heterocycles. The van der Waals surface area contributed by atoms with E-state index in [9.17, 15) is 4.21 Å². The smallest absolute Gasteiger partial charge is 0.230 e. The fourth-order valence-corrected chi connectivity index (χ4v) is 4.86. The summed E-state index contributed by atoms with van der Waals surface area (Å²) in [6.45, 7) is 1.43. The third-order valence-electron chi connectivity index (χ3n) is 4.83. The first-order valence-corrected chi connectivity index (χ1v) is 11.8. The highest BCUT2D eigenvalue weighted by molar-refractivity contribution is 9.10. The summed E-state index contributed by atoms with van der Waals surface area (Å²) in [4.78, 5) is 19.1. The van der Waals surface area contributed by atoms with Gasteiger partial charge in [-0.2, -0.15) is 19.6 Å². The molecular formula is C17H18BrN9OS. The molecule has 0 bridgehead atoms. The molecule has 0 saturated carbocycles. The topological polar surface area (TPSA) is 128 Å². The molecule has 1 fully saturated rings. The molecule has 4 aromatic rings. The Bertz CT molecular complexity index is 1270. The summed E-state index contributed by atoms with van der Waals surface area (Å²) >= 11 is 3.48. The van der Waals surface area contributed by atoms with Crippen molar-refractivity contribution in [1.82, 2.24) is 29.5 Å². The predicted molar refractivity (Wildman–Crippen MR) is 115 cm³/mol. The lowest BCUT2D eigenvalue weighted by Crippen LogP contribution is -2.40. The molecule has 10 nitrogen and oxygen atoms in total. The summed E-state index contributed by atoms with van der Waals surface area (Å²) in [7, 11) is -2.48. The van der Waals surface area contributed by atoms with Gasteiger partial charge in [0.25, 0.3) is 0 Å². The number of benzene rings is 1. The summed E-state index contributed by atoms with van der Waals surface area (Å²) in [5.74, 6) is 2.50. The first-order chi connectivity index (χ1) is 14.0. The molecule has 0 atom stereocenters. The van der Waals surface area contributed by atoms with E-state index in [1.165, 1.54) is 0 Å². The van der Waals surface area contributed by atoms with Crippen molar-refractivity contribution in [3.05, 3.63) is 40.8 Å². The lowest BCUT2D eigenvalue weighted by atomic mass is 10.3. The molecule has 0 amide bonds. The minimum Gasteiger partial charge on any atom is -0.347 e. The number of rotatable bonds is 4. The van der Waals surface area contributed by atoms with E-state index in [0.29, 0.717) is 48.7 Å². The summed E-state index contributed by atoms with van der Waals surface area (Å²) in [5.41, 5.74) is 2.53. The van der Waals surface area contributed by atoms with Gasteiger partial charge < -0.3 is 15.2 Å². The molecule has 12 heteroatoms. The monoisotopic (exact) mass is 475 g/mol.